The lowest BCUT2D eigenvalue weighted by atomic mass is 9.97. The van der Waals surface area contributed by atoms with Crippen molar-refractivity contribution in [2.45, 2.75) is 19.0 Å². The molecule has 0 saturated carbocycles. The fraction of sp³-hybridized carbons (Fsp3) is 0.353. The summed E-state index contributed by atoms with van der Waals surface area (Å²) < 4.78 is 40.1. The Kier molecular flexibility index (Phi) is 4.99. The van der Waals surface area contributed by atoms with E-state index < -0.39 is 34.5 Å². The number of halogens is 3. The van der Waals surface area contributed by atoms with Gasteiger partial charge in [0.2, 0.25) is 0 Å². The van der Waals surface area contributed by atoms with E-state index in [1.54, 1.807) is 30.3 Å². The lowest BCUT2D eigenvalue weighted by molar-refractivity contribution is -0.143. The Bertz CT molecular complexity index is 812. The summed E-state index contributed by atoms with van der Waals surface area (Å²) in [6.45, 7) is 0.233. The Hall–Kier alpha value is -2.42. The van der Waals surface area contributed by atoms with Crippen molar-refractivity contribution in [2.24, 2.45) is 5.92 Å². The quantitative estimate of drug-likeness (QED) is 0.875. The lowest BCUT2D eigenvalue weighted by Crippen LogP contribution is -2.40. The molecule has 1 amide bonds. The van der Waals surface area contributed by atoms with Crippen molar-refractivity contribution >= 4 is 23.2 Å². The van der Waals surface area contributed by atoms with Crippen LogP contribution in [0.2, 0.25) is 0 Å². The van der Waals surface area contributed by atoms with Gasteiger partial charge in [-0.05, 0) is 12.8 Å². The number of likely N-dealkylation sites (tertiary alicyclic amines) is 1. The topological polar surface area (TPSA) is 70.5 Å². The zero-order valence-electron chi connectivity index (χ0n) is 13.5. The number of nitrogens with zero attached hydrogens (tertiary/aromatic N) is 2. The number of rotatable bonds is 3. The molecule has 1 saturated heterocycles. The first-order valence-corrected chi connectivity index (χ1v) is 8.74. The second-order valence-electron chi connectivity index (χ2n) is 5.97. The van der Waals surface area contributed by atoms with Gasteiger partial charge in [-0.15, -0.1) is 11.3 Å². The average molecular weight is 384 g/mol. The number of carboxylic acid groups (broad SMARTS) is 1. The Morgan fingerprint density at radius 3 is 2.31 bits per heavy atom. The SMILES string of the molecule is O=C(O)C1CCN(C(=O)c2sc(-c3ccccc3)nc2C(F)(F)F)CC1. The van der Waals surface area contributed by atoms with Gasteiger partial charge in [0, 0.05) is 18.7 Å². The number of aliphatic carboxylic acids is 1. The van der Waals surface area contributed by atoms with E-state index in [4.69, 9.17) is 5.11 Å². The molecule has 0 aliphatic carbocycles. The van der Waals surface area contributed by atoms with Crippen LogP contribution in [0.3, 0.4) is 0 Å². The van der Waals surface area contributed by atoms with E-state index in [9.17, 15) is 22.8 Å². The van der Waals surface area contributed by atoms with E-state index in [-0.39, 0.29) is 30.9 Å². The largest absolute Gasteiger partial charge is 0.481 e. The van der Waals surface area contributed by atoms with Crippen LogP contribution in [0.25, 0.3) is 10.6 Å². The van der Waals surface area contributed by atoms with Gasteiger partial charge < -0.3 is 10.0 Å². The van der Waals surface area contributed by atoms with Crippen LogP contribution in [0, 0.1) is 5.92 Å². The molecule has 0 bridgehead atoms. The average Bonchev–Trinajstić information content (AvgIpc) is 3.08. The number of hydrogen-bond acceptors (Lipinski definition) is 4. The van der Waals surface area contributed by atoms with Crippen molar-refractivity contribution in [1.29, 1.82) is 0 Å². The molecule has 26 heavy (non-hydrogen) atoms. The summed E-state index contributed by atoms with van der Waals surface area (Å²) in [7, 11) is 0. The number of carbonyl (C=O) groups is 2. The maximum Gasteiger partial charge on any atom is 0.435 e. The van der Waals surface area contributed by atoms with Crippen LogP contribution < -0.4 is 0 Å². The standard InChI is InChI=1S/C17H15F3N2O3S/c18-17(19,20)13-12(26-14(21-13)10-4-2-1-3-5-10)15(23)22-8-6-11(7-9-22)16(24)25/h1-5,11H,6-9H2,(H,24,25). The van der Waals surface area contributed by atoms with E-state index in [0.29, 0.717) is 16.9 Å². The molecular weight excluding hydrogens is 369 g/mol. The summed E-state index contributed by atoms with van der Waals surface area (Å²) in [4.78, 5) is 28.1. The number of amides is 1. The molecule has 1 fully saturated rings. The first kappa shape index (κ1) is 18.4. The number of carboxylic acids is 1. The molecule has 2 heterocycles. The van der Waals surface area contributed by atoms with E-state index in [1.807, 2.05) is 0 Å². The highest BCUT2D eigenvalue weighted by Crippen LogP contribution is 2.38. The molecule has 1 N–H and O–H groups in total. The van der Waals surface area contributed by atoms with Crippen LogP contribution in [0.4, 0.5) is 13.2 Å². The molecule has 1 aromatic carbocycles. The van der Waals surface area contributed by atoms with Gasteiger partial charge in [-0.3, -0.25) is 9.59 Å². The molecule has 5 nitrogen and oxygen atoms in total. The van der Waals surface area contributed by atoms with Gasteiger partial charge in [0.05, 0.1) is 5.92 Å². The van der Waals surface area contributed by atoms with Crippen molar-refractivity contribution in [3.63, 3.8) is 0 Å². The smallest absolute Gasteiger partial charge is 0.435 e. The highest BCUT2D eigenvalue weighted by atomic mass is 32.1. The van der Waals surface area contributed by atoms with Gasteiger partial charge in [-0.25, -0.2) is 4.98 Å². The minimum absolute atomic E-state index is 0.117. The highest BCUT2D eigenvalue weighted by Gasteiger charge is 2.41. The lowest BCUT2D eigenvalue weighted by Gasteiger charge is -2.30. The van der Waals surface area contributed by atoms with Crippen molar-refractivity contribution in [2.75, 3.05) is 13.1 Å². The molecular formula is C17H15F3N2O3S. The zero-order chi connectivity index (χ0) is 18.9. The zero-order valence-corrected chi connectivity index (χ0v) is 14.3. The molecule has 0 unspecified atom stereocenters. The summed E-state index contributed by atoms with van der Waals surface area (Å²) in [5, 5.41) is 9.13. The molecule has 0 atom stereocenters. The third-order valence-corrected chi connectivity index (χ3v) is 5.33. The van der Waals surface area contributed by atoms with Crippen LogP contribution in [0.15, 0.2) is 30.3 Å². The summed E-state index contributed by atoms with van der Waals surface area (Å²) in [5.41, 5.74) is -0.682. The monoisotopic (exact) mass is 384 g/mol. The van der Waals surface area contributed by atoms with Crippen molar-refractivity contribution < 1.29 is 27.9 Å². The van der Waals surface area contributed by atoms with Crippen LogP contribution >= 0.6 is 11.3 Å². The molecule has 1 aliphatic heterocycles. The number of aromatic nitrogens is 1. The third kappa shape index (κ3) is 3.72. The van der Waals surface area contributed by atoms with Gasteiger partial charge in [-0.1, -0.05) is 30.3 Å². The first-order valence-electron chi connectivity index (χ1n) is 7.93. The number of carbonyl (C=O) groups excluding carboxylic acids is 1. The Balaban J connectivity index is 1.90. The maximum atomic E-state index is 13.4. The highest BCUT2D eigenvalue weighted by molar-refractivity contribution is 7.17. The normalized spacial score (nSPS) is 15.9. The molecule has 9 heteroatoms. The molecule has 3 rings (SSSR count). The second kappa shape index (κ2) is 7.06. The molecule has 2 aromatic rings. The number of alkyl halides is 3. The minimum atomic E-state index is -4.74. The first-order chi connectivity index (χ1) is 12.3. The van der Waals surface area contributed by atoms with Crippen LogP contribution in [0.5, 0.6) is 0 Å². The predicted octanol–water partition coefficient (Wildman–Crippen LogP) is 3.77. The van der Waals surface area contributed by atoms with Gasteiger partial charge >= 0.3 is 12.1 Å². The number of piperidine rings is 1. The van der Waals surface area contributed by atoms with E-state index in [2.05, 4.69) is 4.98 Å². The third-order valence-electron chi connectivity index (χ3n) is 4.24. The van der Waals surface area contributed by atoms with Crippen LogP contribution in [0.1, 0.15) is 28.2 Å². The summed E-state index contributed by atoms with van der Waals surface area (Å²) in [6.07, 6.45) is -4.28. The van der Waals surface area contributed by atoms with Gasteiger partial charge in [0.15, 0.2) is 5.69 Å². The predicted molar refractivity (Wildman–Crippen MR) is 88.8 cm³/mol. The summed E-state index contributed by atoms with van der Waals surface area (Å²) in [6, 6.07) is 8.36. The number of hydrogen-bond donors (Lipinski definition) is 1. The van der Waals surface area contributed by atoms with Gasteiger partial charge in [0.1, 0.15) is 9.88 Å². The summed E-state index contributed by atoms with van der Waals surface area (Å²) >= 11 is 0.710. The van der Waals surface area contributed by atoms with Crippen molar-refractivity contribution in [3.8, 4) is 10.6 Å². The molecule has 0 spiro atoms. The van der Waals surface area contributed by atoms with Crippen LogP contribution in [-0.2, 0) is 11.0 Å². The van der Waals surface area contributed by atoms with Crippen molar-refractivity contribution in [1.82, 2.24) is 9.88 Å². The Morgan fingerprint density at radius 1 is 1.15 bits per heavy atom. The molecule has 1 aliphatic rings. The molecule has 138 valence electrons. The Labute approximate surface area is 151 Å². The van der Waals surface area contributed by atoms with Gasteiger partial charge in [0.25, 0.3) is 5.91 Å². The number of benzene rings is 1. The molecule has 1 aromatic heterocycles. The second-order valence-corrected chi connectivity index (χ2v) is 6.96. The van der Waals surface area contributed by atoms with E-state index in [0.717, 1.165) is 0 Å². The number of thiazole rings is 1. The van der Waals surface area contributed by atoms with E-state index >= 15 is 0 Å². The van der Waals surface area contributed by atoms with Crippen LogP contribution in [-0.4, -0.2) is 40.0 Å². The summed E-state index contributed by atoms with van der Waals surface area (Å²) in [5.74, 6) is -2.26. The van der Waals surface area contributed by atoms with E-state index in [1.165, 1.54) is 4.90 Å². The fourth-order valence-corrected chi connectivity index (χ4v) is 3.89. The van der Waals surface area contributed by atoms with Gasteiger partial charge in [-0.2, -0.15) is 13.2 Å². The maximum absolute atomic E-state index is 13.4. The van der Waals surface area contributed by atoms with Crippen molar-refractivity contribution in [3.05, 3.63) is 40.9 Å². The minimum Gasteiger partial charge on any atom is -0.481 e. The Morgan fingerprint density at radius 2 is 1.77 bits per heavy atom. The fourth-order valence-electron chi connectivity index (χ4n) is 2.83. The molecule has 0 radical (unpaired) electrons.